The zero-order valence-electron chi connectivity index (χ0n) is 32.0. The molecule has 2 aromatic heterocycles. The number of imidazole rings is 1. The number of anilines is 1. The average molecular weight is 955 g/mol. The largest absolute Gasteiger partial charge is 0.481 e. The van der Waals surface area contributed by atoms with E-state index < -0.39 is 115 Å². The van der Waals surface area contributed by atoms with Gasteiger partial charge in [0.25, 0.3) is 0 Å². The summed E-state index contributed by atoms with van der Waals surface area (Å²) >= 11 is 1.05. The molecule has 0 radical (unpaired) electrons. The van der Waals surface area contributed by atoms with Crippen LogP contribution in [-0.2, 0) is 60.3 Å². The number of carbonyl (C=O) groups excluding carboxylic acids is 3. The van der Waals surface area contributed by atoms with Crippen molar-refractivity contribution in [2.45, 2.75) is 69.8 Å². The van der Waals surface area contributed by atoms with Crippen LogP contribution in [0.3, 0.4) is 0 Å². The molecule has 3 rings (SSSR count). The number of hydrogen-bond acceptors (Lipinski definition) is 20. The lowest BCUT2D eigenvalue weighted by atomic mass is 9.87. The second kappa shape index (κ2) is 22.1. The van der Waals surface area contributed by atoms with Crippen LogP contribution in [0.1, 0.15) is 39.3 Å². The number of rotatable bonds is 26. The second-order valence-electron chi connectivity index (χ2n) is 13.5. The van der Waals surface area contributed by atoms with Crippen LogP contribution < -0.4 is 21.7 Å². The Labute approximate surface area is 348 Å². The number of ether oxygens (including phenoxy) is 1. The number of aliphatic hydroxyl groups excluding tert-OH is 2. The number of aromatic nitrogens is 4. The van der Waals surface area contributed by atoms with Crippen LogP contribution in [0, 0.1) is 5.41 Å². The number of phosphoric acid groups is 3. The van der Waals surface area contributed by atoms with Gasteiger partial charge in [-0.2, -0.15) is 16.1 Å². The molecule has 29 nitrogen and oxygen atoms in total. The summed E-state index contributed by atoms with van der Waals surface area (Å²) in [6.45, 7) is 0.116. The molecule has 0 bridgehead atoms. The van der Waals surface area contributed by atoms with Crippen molar-refractivity contribution < 1.29 is 100 Å². The molecule has 8 atom stereocenters. The van der Waals surface area contributed by atoms with Crippen LogP contribution in [0.15, 0.2) is 12.7 Å². The minimum Gasteiger partial charge on any atom is -0.481 e. The Morgan fingerprint density at radius 1 is 0.984 bits per heavy atom. The van der Waals surface area contributed by atoms with Crippen LogP contribution >= 0.6 is 35.2 Å². The van der Waals surface area contributed by atoms with Crippen molar-refractivity contribution in [3.8, 4) is 0 Å². The number of thioether (sulfide) groups is 1. The van der Waals surface area contributed by atoms with Gasteiger partial charge in [-0.05, 0) is 6.42 Å². The summed E-state index contributed by atoms with van der Waals surface area (Å²) in [5.41, 5.74) is 4.16. The SMILES string of the molecule is CC(C)(COP(=O)(O)OP(=O)(O)OC[C@H]1O[C@@H](n2cnc3c(N)ncnc32)[C@H](O)[C@@H]1OP(=O)(O)O)[C@@H](O)C(=O)NCCC(=O)NCCSCC(=O)N[C@@H](CCC(=O)O)C(=O)O. The number of carboxylic acids is 2. The molecular weight excluding hydrogens is 909 g/mol. The van der Waals surface area contributed by atoms with E-state index in [1.54, 1.807) is 0 Å². The van der Waals surface area contributed by atoms with Crippen LogP contribution in [0.2, 0.25) is 0 Å². The van der Waals surface area contributed by atoms with Gasteiger partial charge in [0.15, 0.2) is 17.7 Å². The van der Waals surface area contributed by atoms with E-state index in [1.165, 1.54) is 13.8 Å². The number of amides is 3. The zero-order valence-corrected chi connectivity index (χ0v) is 35.5. The van der Waals surface area contributed by atoms with Crippen molar-refractivity contribution in [2.75, 3.05) is 43.5 Å². The highest BCUT2D eigenvalue weighted by Gasteiger charge is 2.50. The maximum absolute atomic E-state index is 12.7. The van der Waals surface area contributed by atoms with Gasteiger partial charge in [0.05, 0.1) is 25.3 Å². The lowest BCUT2D eigenvalue weighted by molar-refractivity contribution is -0.142. The maximum atomic E-state index is 12.7. The summed E-state index contributed by atoms with van der Waals surface area (Å²) in [5.74, 6) is -4.84. The quantitative estimate of drug-likeness (QED) is 0.0345. The van der Waals surface area contributed by atoms with Gasteiger partial charge in [-0.25, -0.2) is 33.4 Å². The van der Waals surface area contributed by atoms with E-state index in [2.05, 4.69) is 39.7 Å². The molecule has 0 spiro atoms. The van der Waals surface area contributed by atoms with Gasteiger partial charge in [-0.15, -0.1) is 0 Å². The van der Waals surface area contributed by atoms with E-state index in [-0.39, 0.29) is 54.4 Å². The van der Waals surface area contributed by atoms with Crippen molar-refractivity contribution in [2.24, 2.45) is 5.41 Å². The molecule has 1 fully saturated rings. The molecule has 61 heavy (non-hydrogen) atoms. The summed E-state index contributed by atoms with van der Waals surface area (Å²) < 4.78 is 62.0. The predicted molar refractivity (Wildman–Crippen MR) is 203 cm³/mol. The van der Waals surface area contributed by atoms with Crippen LogP contribution in [0.4, 0.5) is 5.82 Å². The van der Waals surface area contributed by atoms with Crippen LogP contribution in [-0.4, -0.2) is 157 Å². The zero-order chi connectivity index (χ0) is 45.9. The van der Waals surface area contributed by atoms with Crippen molar-refractivity contribution >= 4 is 81.9 Å². The van der Waals surface area contributed by atoms with Crippen LogP contribution in [0.5, 0.6) is 0 Å². The van der Waals surface area contributed by atoms with E-state index in [9.17, 15) is 67.5 Å². The van der Waals surface area contributed by atoms with E-state index in [1.807, 2.05) is 0 Å². The summed E-state index contributed by atoms with van der Waals surface area (Å²) in [5, 5.41) is 46.2. The molecule has 0 aromatic carbocycles. The fourth-order valence-corrected chi connectivity index (χ4v) is 8.62. The predicted octanol–water partition coefficient (Wildman–Crippen LogP) is -2.43. The second-order valence-corrected chi connectivity index (χ2v) is 18.9. The van der Waals surface area contributed by atoms with Gasteiger partial charge >= 0.3 is 35.4 Å². The van der Waals surface area contributed by atoms with Gasteiger partial charge in [-0.3, -0.25) is 37.3 Å². The van der Waals surface area contributed by atoms with Gasteiger partial charge in [-0.1, -0.05) is 13.8 Å². The first-order valence-corrected chi connectivity index (χ1v) is 23.1. The highest BCUT2D eigenvalue weighted by molar-refractivity contribution is 7.99. The molecule has 1 aliphatic rings. The maximum Gasteiger partial charge on any atom is 0.481 e. The smallest absolute Gasteiger partial charge is 0.481 e. The topological polar surface area (TPSA) is 450 Å². The number of phosphoric ester groups is 3. The fourth-order valence-electron chi connectivity index (χ4n) is 5.13. The molecule has 0 aliphatic carbocycles. The molecule has 1 saturated heterocycles. The number of carboxylic acid groups (broad SMARTS) is 2. The number of aliphatic carboxylic acids is 2. The Morgan fingerprint density at radius 3 is 2.30 bits per heavy atom. The Balaban J connectivity index is 1.43. The van der Waals surface area contributed by atoms with E-state index >= 15 is 0 Å². The third kappa shape index (κ3) is 16.5. The number of carbonyl (C=O) groups is 5. The Hall–Kier alpha value is -3.70. The highest BCUT2D eigenvalue weighted by Crippen LogP contribution is 2.61. The van der Waals surface area contributed by atoms with Gasteiger partial charge < -0.3 is 66.4 Å². The molecule has 3 amide bonds. The monoisotopic (exact) mass is 954 g/mol. The van der Waals surface area contributed by atoms with Gasteiger partial charge in [0.1, 0.15) is 42.3 Å². The number of nitrogens with one attached hydrogen (secondary N) is 3. The van der Waals surface area contributed by atoms with Crippen molar-refractivity contribution in [3.05, 3.63) is 12.7 Å². The number of nitrogens with zero attached hydrogens (tertiary/aromatic N) is 4. The summed E-state index contributed by atoms with van der Waals surface area (Å²) in [6.07, 6.45) is -7.97. The molecular formula is C28H45N8O21P3S. The molecule has 3 heterocycles. The number of nitrogens with two attached hydrogens (primary N) is 1. The fraction of sp³-hybridized carbons (Fsp3) is 0.643. The molecule has 344 valence electrons. The third-order valence-electron chi connectivity index (χ3n) is 8.16. The van der Waals surface area contributed by atoms with Crippen molar-refractivity contribution in [1.82, 2.24) is 35.5 Å². The average Bonchev–Trinajstić information content (AvgIpc) is 3.70. The van der Waals surface area contributed by atoms with E-state index in [0.29, 0.717) is 0 Å². The minimum absolute atomic E-state index is 0.0105. The number of hydrogen-bond donors (Lipinski definition) is 12. The first kappa shape index (κ1) is 51.6. The van der Waals surface area contributed by atoms with Crippen molar-refractivity contribution in [1.29, 1.82) is 0 Å². The Kier molecular flexibility index (Phi) is 18.7. The highest BCUT2D eigenvalue weighted by atomic mass is 32.2. The third-order valence-corrected chi connectivity index (χ3v) is 12.2. The summed E-state index contributed by atoms with van der Waals surface area (Å²) in [6, 6.07) is -1.38. The van der Waals surface area contributed by atoms with E-state index in [0.717, 1.165) is 29.0 Å². The van der Waals surface area contributed by atoms with E-state index in [4.69, 9.17) is 29.7 Å². The summed E-state index contributed by atoms with van der Waals surface area (Å²) in [4.78, 5) is 109. The van der Waals surface area contributed by atoms with Crippen LogP contribution in [0.25, 0.3) is 11.2 Å². The Bertz CT molecular complexity index is 2040. The molecule has 13 N–H and O–H groups in total. The molecule has 2 unspecified atom stereocenters. The standard InChI is InChI=1S/C28H45N8O21P3S/c1-28(2,22(42)25(43)31-6-5-16(37)30-7-8-61-10-17(38)35-14(27(44)45)3-4-18(39)40)11-54-60(51,52)57-59(49,50)53-9-15-21(56-58(46,47)48)20(41)26(55-15)36-13-34-19-23(29)32-12-33-24(19)36/h12-15,20-22,26,41-42H,3-11H2,1-2H3,(H,30,37)(H,31,43)(H,35,38)(H,39,40)(H,44,45)(H,49,50)(H,51,52)(H2,29,32,33)(H2,46,47,48)/t14-,15+,20+,21+,22-,26+/m0/s1. The molecule has 1 aliphatic heterocycles. The summed E-state index contributed by atoms with van der Waals surface area (Å²) in [7, 11) is -16.5. The number of nitrogen functional groups attached to an aromatic ring is 1. The van der Waals surface area contributed by atoms with Crippen molar-refractivity contribution in [3.63, 3.8) is 0 Å². The molecule has 2 aromatic rings. The Morgan fingerprint density at radius 2 is 1.66 bits per heavy atom. The molecule has 0 saturated carbocycles. The van der Waals surface area contributed by atoms with Gasteiger partial charge in [0, 0.05) is 37.1 Å². The normalized spacial score (nSPS) is 21.2. The first-order chi connectivity index (χ1) is 28.2. The minimum atomic E-state index is -5.61. The lowest BCUT2D eigenvalue weighted by Crippen LogP contribution is -2.46. The molecule has 33 heteroatoms. The number of aliphatic hydroxyl groups is 2. The van der Waals surface area contributed by atoms with Gasteiger partial charge in [0.2, 0.25) is 17.7 Å². The lowest BCUT2D eigenvalue weighted by Gasteiger charge is -2.30. The first-order valence-electron chi connectivity index (χ1n) is 17.4. The number of fused-ring (bicyclic) bond motifs is 1.